The van der Waals surface area contributed by atoms with E-state index in [2.05, 4.69) is 26.5 Å². The molecule has 0 bridgehead atoms. The van der Waals surface area contributed by atoms with Gasteiger partial charge in [-0.25, -0.2) is 0 Å². The predicted octanol–water partition coefficient (Wildman–Crippen LogP) is 4.19. The Labute approximate surface area is 85.2 Å². The second-order valence-electron chi connectivity index (χ2n) is 3.22. The highest BCUT2D eigenvalue weighted by molar-refractivity contribution is 6.30. The molecule has 0 aliphatic heterocycles. The third-order valence-corrected chi connectivity index (χ3v) is 2.57. The summed E-state index contributed by atoms with van der Waals surface area (Å²) in [6.45, 7) is 8.09. The lowest BCUT2D eigenvalue weighted by atomic mass is 9.94. The minimum Gasteiger partial charge on any atom is -0.102 e. The molecule has 13 heavy (non-hydrogen) atoms. The van der Waals surface area contributed by atoms with Crippen LogP contribution in [0.25, 0.3) is 0 Å². The Morgan fingerprint density at radius 1 is 1.54 bits per heavy atom. The Balaban J connectivity index is 3.14. The van der Waals surface area contributed by atoms with Crippen LogP contribution in [0.5, 0.6) is 0 Å². The predicted molar refractivity (Wildman–Crippen MR) is 59.4 cm³/mol. The summed E-state index contributed by atoms with van der Waals surface area (Å²) in [5, 5.41) is 0.806. The van der Waals surface area contributed by atoms with E-state index in [-0.39, 0.29) is 0 Å². The maximum atomic E-state index is 5.94. The summed E-state index contributed by atoms with van der Waals surface area (Å²) in [6, 6.07) is 6.07. The first-order chi connectivity index (χ1) is 6.19. The number of allylic oxidation sites excluding steroid dienone is 1. The lowest BCUT2D eigenvalue weighted by Gasteiger charge is -2.12. The maximum Gasteiger partial charge on any atom is 0.0409 e. The summed E-state index contributed by atoms with van der Waals surface area (Å²) in [5.74, 6) is 0.383. The highest BCUT2D eigenvalue weighted by Gasteiger charge is 2.06. The molecule has 0 fully saturated rings. The molecule has 1 aromatic rings. The maximum absolute atomic E-state index is 5.94. The van der Waals surface area contributed by atoms with Crippen molar-refractivity contribution in [2.24, 2.45) is 0 Å². The highest BCUT2D eigenvalue weighted by atomic mass is 35.5. The van der Waals surface area contributed by atoms with E-state index in [0.29, 0.717) is 5.92 Å². The van der Waals surface area contributed by atoms with Crippen LogP contribution in [-0.2, 0) is 6.42 Å². The first kappa shape index (κ1) is 10.3. The van der Waals surface area contributed by atoms with Crippen LogP contribution >= 0.6 is 11.6 Å². The molecule has 0 aromatic heterocycles. The van der Waals surface area contributed by atoms with Crippen molar-refractivity contribution in [1.29, 1.82) is 0 Å². The minimum atomic E-state index is 0.383. The van der Waals surface area contributed by atoms with E-state index in [4.69, 9.17) is 11.6 Å². The zero-order chi connectivity index (χ0) is 9.84. The van der Waals surface area contributed by atoms with Gasteiger partial charge in [0.25, 0.3) is 0 Å². The molecule has 0 N–H and O–H groups in total. The molecule has 1 rings (SSSR count). The first-order valence-electron chi connectivity index (χ1n) is 4.60. The van der Waals surface area contributed by atoms with E-state index in [0.717, 1.165) is 11.4 Å². The summed E-state index contributed by atoms with van der Waals surface area (Å²) < 4.78 is 0. The van der Waals surface area contributed by atoms with Crippen molar-refractivity contribution in [1.82, 2.24) is 0 Å². The Hall–Kier alpha value is -0.750. The zero-order valence-corrected chi connectivity index (χ0v) is 8.93. The standard InChI is InChI=1S/C12H15Cl/c1-4-9(3)12-8-11(13)7-6-10(12)5-2/h4,6-9H,1,5H2,2-3H3. The van der Waals surface area contributed by atoms with Gasteiger partial charge in [-0.2, -0.15) is 0 Å². The molecule has 70 valence electrons. The number of benzene rings is 1. The van der Waals surface area contributed by atoms with Crippen LogP contribution in [0.3, 0.4) is 0 Å². The Morgan fingerprint density at radius 2 is 2.23 bits per heavy atom. The van der Waals surface area contributed by atoms with Crippen LogP contribution in [0.4, 0.5) is 0 Å². The molecule has 0 spiro atoms. The van der Waals surface area contributed by atoms with E-state index < -0.39 is 0 Å². The van der Waals surface area contributed by atoms with Gasteiger partial charge in [-0.15, -0.1) is 6.58 Å². The van der Waals surface area contributed by atoms with Gasteiger partial charge >= 0.3 is 0 Å². The number of rotatable bonds is 3. The molecule has 0 saturated heterocycles. The van der Waals surface area contributed by atoms with E-state index in [1.807, 2.05) is 18.2 Å². The van der Waals surface area contributed by atoms with Crippen molar-refractivity contribution in [2.45, 2.75) is 26.2 Å². The van der Waals surface area contributed by atoms with Gasteiger partial charge in [-0.3, -0.25) is 0 Å². The monoisotopic (exact) mass is 194 g/mol. The Bertz CT molecular complexity index is 302. The van der Waals surface area contributed by atoms with E-state index >= 15 is 0 Å². The average molecular weight is 195 g/mol. The molecule has 0 saturated carbocycles. The van der Waals surface area contributed by atoms with Crippen LogP contribution < -0.4 is 0 Å². The van der Waals surface area contributed by atoms with Gasteiger partial charge < -0.3 is 0 Å². The number of hydrogen-bond acceptors (Lipinski definition) is 0. The van der Waals surface area contributed by atoms with E-state index in [1.165, 1.54) is 11.1 Å². The molecule has 0 aliphatic carbocycles. The van der Waals surface area contributed by atoms with Crippen molar-refractivity contribution in [3.8, 4) is 0 Å². The van der Waals surface area contributed by atoms with Gasteiger partial charge in [0.2, 0.25) is 0 Å². The minimum absolute atomic E-state index is 0.383. The molecular weight excluding hydrogens is 180 g/mol. The lowest BCUT2D eigenvalue weighted by molar-refractivity contribution is 0.931. The third-order valence-electron chi connectivity index (χ3n) is 2.33. The highest BCUT2D eigenvalue weighted by Crippen LogP contribution is 2.24. The topological polar surface area (TPSA) is 0 Å². The molecule has 1 aromatic carbocycles. The van der Waals surface area contributed by atoms with Crippen LogP contribution in [0, 0.1) is 0 Å². The van der Waals surface area contributed by atoms with Crippen molar-refractivity contribution < 1.29 is 0 Å². The van der Waals surface area contributed by atoms with Gasteiger partial charge in [-0.05, 0) is 35.6 Å². The number of halogens is 1. The molecule has 1 unspecified atom stereocenters. The Morgan fingerprint density at radius 3 is 2.77 bits per heavy atom. The molecular formula is C12H15Cl. The van der Waals surface area contributed by atoms with Gasteiger partial charge in [0.1, 0.15) is 0 Å². The van der Waals surface area contributed by atoms with Gasteiger partial charge in [-0.1, -0.05) is 37.6 Å². The largest absolute Gasteiger partial charge is 0.102 e. The second-order valence-corrected chi connectivity index (χ2v) is 3.66. The molecule has 0 heterocycles. The van der Waals surface area contributed by atoms with Crippen molar-refractivity contribution in [3.05, 3.63) is 47.0 Å². The molecule has 0 aliphatic rings. The first-order valence-corrected chi connectivity index (χ1v) is 4.97. The summed E-state index contributed by atoms with van der Waals surface area (Å²) in [6.07, 6.45) is 3.00. The second kappa shape index (κ2) is 4.48. The van der Waals surface area contributed by atoms with Crippen molar-refractivity contribution in [2.75, 3.05) is 0 Å². The van der Waals surface area contributed by atoms with E-state index in [1.54, 1.807) is 0 Å². The molecule has 0 nitrogen and oxygen atoms in total. The molecule has 0 amide bonds. The summed E-state index contributed by atoms with van der Waals surface area (Å²) in [5.41, 5.74) is 2.65. The molecule has 1 atom stereocenters. The number of aryl methyl sites for hydroxylation is 1. The molecule has 1 heteroatoms. The van der Waals surface area contributed by atoms with E-state index in [9.17, 15) is 0 Å². The van der Waals surface area contributed by atoms with Crippen molar-refractivity contribution in [3.63, 3.8) is 0 Å². The number of hydrogen-bond donors (Lipinski definition) is 0. The van der Waals surface area contributed by atoms with Gasteiger partial charge in [0.05, 0.1) is 0 Å². The fourth-order valence-electron chi connectivity index (χ4n) is 1.44. The average Bonchev–Trinajstić information content (AvgIpc) is 2.16. The third kappa shape index (κ3) is 2.35. The zero-order valence-electron chi connectivity index (χ0n) is 8.18. The molecule has 0 radical (unpaired) electrons. The van der Waals surface area contributed by atoms with Crippen LogP contribution in [-0.4, -0.2) is 0 Å². The SMILES string of the molecule is C=CC(C)c1cc(Cl)ccc1CC. The quantitative estimate of drug-likeness (QED) is 0.633. The lowest BCUT2D eigenvalue weighted by Crippen LogP contribution is -1.95. The van der Waals surface area contributed by atoms with Gasteiger partial charge in [0, 0.05) is 5.02 Å². The normalized spacial score (nSPS) is 12.5. The fourth-order valence-corrected chi connectivity index (χ4v) is 1.62. The van der Waals surface area contributed by atoms with Crippen molar-refractivity contribution >= 4 is 11.6 Å². The summed E-state index contributed by atoms with van der Waals surface area (Å²) in [7, 11) is 0. The summed E-state index contributed by atoms with van der Waals surface area (Å²) in [4.78, 5) is 0. The van der Waals surface area contributed by atoms with Crippen LogP contribution in [0.2, 0.25) is 5.02 Å². The van der Waals surface area contributed by atoms with Gasteiger partial charge in [0.15, 0.2) is 0 Å². The smallest absolute Gasteiger partial charge is 0.0409 e. The fraction of sp³-hybridized carbons (Fsp3) is 0.333. The summed E-state index contributed by atoms with van der Waals surface area (Å²) >= 11 is 5.94. The van der Waals surface area contributed by atoms with Crippen LogP contribution in [0.15, 0.2) is 30.9 Å². The Kier molecular flexibility index (Phi) is 3.56. The van der Waals surface area contributed by atoms with Crippen LogP contribution in [0.1, 0.15) is 30.9 Å².